The van der Waals surface area contributed by atoms with Crippen LogP contribution < -0.4 is 9.64 Å². The number of carbonyl (C=O) groups is 1. The second kappa shape index (κ2) is 8.62. The number of hydrogen-bond donors (Lipinski definition) is 0. The van der Waals surface area contributed by atoms with Crippen LogP contribution in [0.25, 0.3) is 17.0 Å². The molecule has 3 aromatic rings. The molecule has 29 heavy (non-hydrogen) atoms. The lowest BCUT2D eigenvalue weighted by atomic mass is 10.1. The maximum absolute atomic E-state index is 12.7. The molecule has 0 unspecified atom stereocenters. The van der Waals surface area contributed by atoms with E-state index >= 15 is 0 Å². The maximum atomic E-state index is 12.7. The number of aromatic nitrogens is 1. The SMILES string of the molecule is C#CCOc1cccc(C(=O)/C=C/c2cc3ccccc3nc2N2CCCC2)c1. The lowest BCUT2D eigenvalue weighted by Crippen LogP contribution is -2.20. The van der Waals surface area contributed by atoms with E-state index in [-0.39, 0.29) is 12.4 Å². The molecule has 0 radical (unpaired) electrons. The average molecular weight is 382 g/mol. The van der Waals surface area contributed by atoms with Crippen molar-refractivity contribution in [2.75, 3.05) is 24.6 Å². The largest absolute Gasteiger partial charge is 0.481 e. The number of rotatable bonds is 6. The van der Waals surface area contributed by atoms with Gasteiger partial charge >= 0.3 is 0 Å². The number of ketones is 1. The number of carbonyl (C=O) groups excluding carboxylic acids is 1. The molecule has 4 heteroatoms. The van der Waals surface area contributed by atoms with Crippen LogP contribution in [0.1, 0.15) is 28.8 Å². The van der Waals surface area contributed by atoms with Crippen molar-refractivity contribution in [2.45, 2.75) is 12.8 Å². The molecule has 0 aliphatic carbocycles. The Labute approximate surface area is 170 Å². The Balaban J connectivity index is 1.64. The smallest absolute Gasteiger partial charge is 0.185 e. The number of terminal acetylenes is 1. The zero-order valence-electron chi connectivity index (χ0n) is 16.2. The van der Waals surface area contributed by atoms with E-state index in [0.717, 1.165) is 35.4 Å². The molecule has 2 aromatic carbocycles. The molecule has 1 fully saturated rings. The van der Waals surface area contributed by atoms with Crippen molar-refractivity contribution in [1.29, 1.82) is 0 Å². The minimum Gasteiger partial charge on any atom is -0.481 e. The minimum atomic E-state index is -0.0864. The Morgan fingerprint density at radius 3 is 2.79 bits per heavy atom. The Morgan fingerprint density at radius 1 is 1.14 bits per heavy atom. The Morgan fingerprint density at radius 2 is 1.97 bits per heavy atom. The maximum Gasteiger partial charge on any atom is 0.185 e. The van der Waals surface area contributed by atoms with Gasteiger partial charge in [0.15, 0.2) is 5.78 Å². The Kier molecular flexibility index (Phi) is 5.58. The number of allylic oxidation sites excluding steroid dienone is 1. The summed E-state index contributed by atoms with van der Waals surface area (Å²) in [7, 11) is 0. The van der Waals surface area contributed by atoms with Gasteiger partial charge in [0.2, 0.25) is 0 Å². The van der Waals surface area contributed by atoms with Crippen LogP contribution in [0, 0.1) is 12.3 Å². The van der Waals surface area contributed by atoms with Crippen LogP contribution in [0.3, 0.4) is 0 Å². The van der Waals surface area contributed by atoms with E-state index in [2.05, 4.69) is 16.9 Å². The molecule has 4 rings (SSSR count). The summed E-state index contributed by atoms with van der Waals surface area (Å²) in [6.07, 6.45) is 11.0. The molecule has 1 aromatic heterocycles. The molecular formula is C25H22N2O2. The fraction of sp³-hybridized carbons (Fsp3) is 0.200. The van der Waals surface area contributed by atoms with E-state index in [0.29, 0.717) is 11.3 Å². The molecule has 1 aliphatic rings. The van der Waals surface area contributed by atoms with Crippen molar-refractivity contribution in [3.05, 3.63) is 71.8 Å². The first-order chi connectivity index (χ1) is 14.2. The molecule has 1 saturated heterocycles. The fourth-order valence-corrected chi connectivity index (χ4v) is 3.55. The molecule has 0 atom stereocenters. The number of benzene rings is 2. The molecule has 4 nitrogen and oxygen atoms in total. The standard InChI is InChI=1S/C25H22N2O2/c1-2-16-29-22-10-7-9-20(18-22)24(28)13-12-21-17-19-8-3-4-11-23(19)26-25(21)27-14-5-6-15-27/h1,3-4,7-13,17-18H,5-6,14-16H2/b13-12+. The van der Waals surface area contributed by atoms with Gasteiger partial charge in [0.05, 0.1) is 5.52 Å². The third-order valence-corrected chi connectivity index (χ3v) is 4.99. The molecule has 1 aliphatic heterocycles. The third-order valence-electron chi connectivity index (χ3n) is 4.99. The quantitative estimate of drug-likeness (QED) is 0.351. The normalized spacial score (nSPS) is 13.7. The lowest BCUT2D eigenvalue weighted by Gasteiger charge is -2.19. The summed E-state index contributed by atoms with van der Waals surface area (Å²) in [5.41, 5.74) is 2.49. The van der Waals surface area contributed by atoms with Crippen molar-refractivity contribution in [1.82, 2.24) is 4.98 Å². The van der Waals surface area contributed by atoms with Crippen LogP contribution in [0.2, 0.25) is 0 Å². The minimum absolute atomic E-state index is 0.0864. The molecule has 2 heterocycles. The summed E-state index contributed by atoms with van der Waals surface area (Å²) in [6.45, 7) is 2.17. The highest BCUT2D eigenvalue weighted by atomic mass is 16.5. The third kappa shape index (κ3) is 4.30. The Bertz CT molecular complexity index is 1110. The van der Waals surface area contributed by atoms with Gasteiger partial charge in [-0.05, 0) is 49.3 Å². The van der Waals surface area contributed by atoms with Crippen LogP contribution in [0.5, 0.6) is 5.75 Å². The monoisotopic (exact) mass is 382 g/mol. The van der Waals surface area contributed by atoms with E-state index in [1.807, 2.05) is 30.3 Å². The summed E-state index contributed by atoms with van der Waals surface area (Å²) in [5.74, 6) is 3.87. The number of para-hydroxylation sites is 1. The summed E-state index contributed by atoms with van der Waals surface area (Å²) in [4.78, 5) is 19.9. The first-order valence-electron chi connectivity index (χ1n) is 9.78. The van der Waals surface area contributed by atoms with Gasteiger partial charge in [0.25, 0.3) is 0 Å². The molecule has 0 amide bonds. The van der Waals surface area contributed by atoms with Gasteiger partial charge < -0.3 is 9.64 Å². The van der Waals surface area contributed by atoms with E-state index in [4.69, 9.17) is 16.1 Å². The highest BCUT2D eigenvalue weighted by Crippen LogP contribution is 2.27. The van der Waals surface area contributed by atoms with E-state index in [1.165, 1.54) is 12.8 Å². The van der Waals surface area contributed by atoms with Gasteiger partial charge in [-0.2, -0.15) is 0 Å². The van der Waals surface area contributed by atoms with Crippen LogP contribution in [-0.2, 0) is 0 Å². The number of ether oxygens (including phenoxy) is 1. The van der Waals surface area contributed by atoms with Crippen molar-refractivity contribution >= 4 is 28.6 Å². The summed E-state index contributed by atoms with van der Waals surface area (Å²) < 4.78 is 5.41. The van der Waals surface area contributed by atoms with Gasteiger partial charge in [-0.1, -0.05) is 36.3 Å². The summed E-state index contributed by atoms with van der Waals surface area (Å²) >= 11 is 0. The molecule has 0 bridgehead atoms. The van der Waals surface area contributed by atoms with Crippen molar-refractivity contribution < 1.29 is 9.53 Å². The van der Waals surface area contributed by atoms with Crippen LogP contribution in [-0.4, -0.2) is 30.5 Å². The van der Waals surface area contributed by atoms with Crippen LogP contribution in [0.4, 0.5) is 5.82 Å². The average Bonchev–Trinajstić information content (AvgIpc) is 3.30. The Hall–Kier alpha value is -3.58. The summed E-state index contributed by atoms with van der Waals surface area (Å²) in [6, 6.07) is 17.2. The number of pyridine rings is 1. The van der Waals surface area contributed by atoms with Crippen molar-refractivity contribution in [3.8, 4) is 18.1 Å². The van der Waals surface area contributed by atoms with E-state index < -0.39 is 0 Å². The number of fused-ring (bicyclic) bond motifs is 1. The molecule has 0 N–H and O–H groups in total. The van der Waals surface area contributed by atoms with E-state index in [9.17, 15) is 4.79 Å². The second-order valence-corrected chi connectivity index (χ2v) is 7.01. The zero-order chi connectivity index (χ0) is 20.1. The fourth-order valence-electron chi connectivity index (χ4n) is 3.55. The van der Waals surface area contributed by atoms with Gasteiger partial charge in [-0.25, -0.2) is 4.98 Å². The van der Waals surface area contributed by atoms with Crippen LogP contribution >= 0.6 is 0 Å². The highest BCUT2D eigenvalue weighted by Gasteiger charge is 2.17. The predicted octanol–water partition coefficient (Wildman–Crippen LogP) is 4.74. The first kappa shape index (κ1) is 18.8. The predicted molar refractivity (Wildman–Crippen MR) is 117 cm³/mol. The molecule has 0 spiro atoms. The number of nitrogens with zero attached hydrogens (tertiary/aromatic N) is 2. The first-order valence-corrected chi connectivity index (χ1v) is 9.78. The topological polar surface area (TPSA) is 42.4 Å². The van der Waals surface area contributed by atoms with Crippen LogP contribution in [0.15, 0.2) is 60.7 Å². The highest BCUT2D eigenvalue weighted by molar-refractivity contribution is 6.07. The molecule has 0 saturated carbocycles. The zero-order valence-corrected chi connectivity index (χ0v) is 16.2. The molecular weight excluding hydrogens is 360 g/mol. The lowest BCUT2D eigenvalue weighted by molar-refractivity contribution is 0.104. The number of anilines is 1. The van der Waals surface area contributed by atoms with Crippen molar-refractivity contribution in [2.24, 2.45) is 0 Å². The van der Waals surface area contributed by atoms with Gasteiger partial charge in [0, 0.05) is 29.6 Å². The summed E-state index contributed by atoms with van der Waals surface area (Å²) in [5, 5.41) is 1.06. The second-order valence-electron chi connectivity index (χ2n) is 7.01. The van der Waals surface area contributed by atoms with Gasteiger partial charge in [-0.3, -0.25) is 4.79 Å². The van der Waals surface area contributed by atoms with Crippen molar-refractivity contribution in [3.63, 3.8) is 0 Å². The molecule has 144 valence electrons. The van der Waals surface area contributed by atoms with Gasteiger partial charge in [-0.15, -0.1) is 6.42 Å². The van der Waals surface area contributed by atoms with Gasteiger partial charge in [0.1, 0.15) is 18.2 Å². The van der Waals surface area contributed by atoms with E-state index in [1.54, 1.807) is 30.3 Å². The number of hydrogen-bond acceptors (Lipinski definition) is 4.